The fraction of sp³-hybridized carbons (Fsp3) is 0.500. The molecule has 3 N–H and O–H groups in total. The van der Waals surface area contributed by atoms with E-state index in [1.165, 1.54) is 24.8 Å². The average Bonchev–Trinajstić information content (AvgIpc) is 3.18. The predicted octanol–water partition coefficient (Wildman–Crippen LogP) is 1.18. The Morgan fingerprint density at radius 1 is 0.917 bits per heavy atom. The lowest BCUT2D eigenvalue weighted by atomic mass is 10.0. The van der Waals surface area contributed by atoms with E-state index in [9.17, 15) is 24.0 Å². The molecule has 0 aliphatic carbocycles. The summed E-state index contributed by atoms with van der Waals surface area (Å²) in [6, 6.07) is 6.82. The molecule has 1 atom stereocenters. The molecule has 2 heterocycles. The van der Waals surface area contributed by atoms with Crippen molar-refractivity contribution in [2.75, 3.05) is 31.5 Å². The van der Waals surface area contributed by atoms with Gasteiger partial charge in [0.2, 0.25) is 17.7 Å². The van der Waals surface area contributed by atoms with Crippen LogP contribution < -0.4 is 16.0 Å². The number of nitrogens with zero attached hydrogens (tertiary/aromatic N) is 2. The summed E-state index contributed by atoms with van der Waals surface area (Å²) in [6.45, 7) is 6.36. The van der Waals surface area contributed by atoms with Crippen LogP contribution in [0.3, 0.4) is 0 Å². The lowest BCUT2D eigenvalue weighted by Gasteiger charge is -2.26. The van der Waals surface area contributed by atoms with Crippen molar-refractivity contribution in [2.45, 2.75) is 52.1 Å². The molecule has 1 fully saturated rings. The minimum absolute atomic E-state index is 0.0673. The topological polar surface area (TPSA) is 128 Å². The second-order valence-electron chi connectivity index (χ2n) is 9.50. The van der Waals surface area contributed by atoms with Gasteiger partial charge in [0.1, 0.15) is 6.04 Å². The van der Waals surface area contributed by atoms with Crippen LogP contribution in [-0.2, 0) is 30.5 Å². The fourth-order valence-electron chi connectivity index (χ4n) is 4.20. The number of imide groups is 1. The minimum atomic E-state index is -0.859. The molecule has 0 radical (unpaired) electrons. The van der Waals surface area contributed by atoms with Gasteiger partial charge in [-0.2, -0.15) is 0 Å². The molecule has 5 amide bonds. The third-order valence-corrected chi connectivity index (χ3v) is 6.24. The van der Waals surface area contributed by atoms with Crippen molar-refractivity contribution in [3.8, 4) is 0 Å². The zero-order valence-corrected chi connectivity index (χ0v) is 20.9. The number of rotatable bonds is 11. The second-order valence-corrected chi connectivity index (χ2v) is 9.50. The normalized spacial score (nSPS) is 16.8. The summed E-state index contributed by atoms with van der Waals surface area (Å²) in [4.78, 5) is 63.9. The first-order valence-corrected chi connectivity index (χ1v) is 12.4. The number of benzene rings is 1. The molecule has 0 saturated carbocycles. The summed E-state index contributed by atoms with van der Waals surface area (Å²) in [7, 11) is 0. The van der Waals surface area contributed by atoms with Gasteiger partial charge in [-0.1, -0.05) is 32.4 Å². The highest BCUT2D eigenvalue weighted by Gasteiger charge is 2.27. The molecule has 1 unspecified atom stereocenters. The zero-order chi connectivity index (χ0) is 26.1. The van der Waals surface area contributed by atoms with E-state index in [-0.39, 0.29) is 31.3 Å². The molecule has 2 aliphatic rings. The monoisotopic (exact) mass is 497 g/mol. The number of hydrogen-bond donors (Lipinski definition) is 3. The molecule has 1 aromatic rings. The molecule has 1 aromatic carbocycles. The Hall–Kier alpha value is -3.53. The fourth-order valence-corrected chi connectivity index (χ4v) is 4.20. The molecule has 36 heavy (non-hydrogen) atoms. The van der Waals surface area contributed by atoms with Crippen LogP contribution in [0.2, 0.25) is 0 Å². The largest absolute Gasteiger partial charge is 0.345 e. The number of amides is 5. The summed E-state index contributed by atoms with van der Waals surface area (Å²) >= 11 is 0. The summed E-state index contributed by atoms with van der Waals surface area (Å²) in [5.41, 5.74) is 1.83. The van der Waals surface area contributed by atoms with Crippen LogP contribution in [0.25, 0.3) is 0 Å². The number of carbonyl (C=O) groups excluding carboxylic acids is 5. The molecular formula is C26H35N5O5. The predicted molar refractivity (Wildman–Crippen MR) is 134 cm³/mol. The van der Waals surface area contributed by atoms with Gasteiger partial charge in [-0.3, -0.25) is 33.8 Å². The van der Waals surface area contributed by atoms with Gasteiger partial charge in [0, 0.05) is 37.3 Å². The molecule has 0 aromatic heterocycles. The van der Waals surface area contributed by atoms with Gasteiger partial charge in [-0.05, 0) is 49.5 Å². The molecule has 3 rings (SSSR count). The lowest BCUT2D eigenvalue weighted by Crippen LogP contribution is -2.51. The van der Waals surface area contributed by atoms with Crippen molar-refractivity contribution in [3.05, 3.63) is 42.0 Å². The minimum Gasteiger partial charge on any atom is -0.345 e. The molecule has 0 bridgehead atoms. The molecule has 194 valence electrons. The molecule has 2 aliphatic heterocycles. The molecular weight excluding hydrogens is 462 g/mol. The van der Waals surface area contributed by atoms with Crippen molar-refractivity contribution < 1.29 is 24.0 Å². The Bertz CT molecular complexity index is 980. The van der Waals surface area contributed by atoms with Crippen LogP contribution >= 0.6 is 0 Å². The Morgan fingerprint density at radius 3 is 2.17 bits per heavy atom. The maximum atomic E-state index is 12.6. The van der Waals surface area contributed by atoms with Crippen LogP contribution in [0.1, 0.15) is 45.1 Å². The van der Waals surface area contributed by atoms with E-state index in [0.29, 0.717) is 5.69 Å². The van der Waals surface area contributed by atoms with E-state index >= 15 is 0 Å². The zero-order valence-electron chi connectivity index (χ0n) is 20.9. The first-order chi connectivity index (χ1) is 17.2. The third kappa shape index (κ3) is 8.01. The Morgan fingerprint density at radius 2 is 1.56 bits per heavy atom. The van der Waals surface area contributed by atoms with Gasteiger partial charge in [0.15, 0.2) is 0 Å². The van der Waals surface area contributed by atoms with Crippen LogP contribution in [0.5, 0.6) is 0 Å². The van der Waals surface area contributed by atoms with Gasteiger partial charge in [0.05, 0.1) is 6.54 Å². The van der Waals surface area contributed by atoms with Crippen molar-refractivity contribution in [3.63, 3.8) is 0 Å². The maximum absolute atomic E-state index is 12.6. The van der Waals surface area contributed by atoms with Crippen molar-refractivity contribution >= 4 is 35.2 Å². The number of carbonyl (C=O) groups is 5. The smallest absolute Gasteiger partial charge is 0.253 e. The highest BCUT2D eigenvalue weighted by atomic mass is 16.2. The Balaban J connectivity index is 1.41. The first kappa shape index (κ1) is 27.1. The highest BCUT2D eigenvalue weighted by Crippen LogP contribution is 2.15. The van der Waals surface area contributed by atoms with Crippen LogP contribution in [-0.4, -0.2) is 71.6 Å². The number of hydrogen-bond acceptors (Lipinski definition) is 6. The van der Waals surface area contributed by atoms with Gasteiger partial charge in [-0.15, -0.1) is 0 Å². The van der Waals surface area contributed by atoms with E-state index in [1.807, 2.05) is 24.3 Å². The van der Waals surface area contributed by atoms with E-state index in [1.54, 1.807) is 13.8 Å². The summed E-state index contributed by atoms with van der Waals surface area (Å²) < 4.78 is 0. The summed E-state index contributed by atoms with van der Waals surface area (Å²) in [6.07, 6.45) is 5.95. The Labute approximate surface area is 211 Å². The maximum Gasteiger partial charge on any atom is 0.253 e. The quantitative estimate of drug-likeness (QED) is 0.394. The van der Waals surface area contributed by atoms with E-state index in [2.05, 4.69) is 20.9 Å². The molecule has 10 nitrogen and oxygen atoms in total. The van der Waals surface area contributed by atoms with Crippen molar-refractivity contribution in [1.82, 2.24) is 20.4 Å². The van der Waals surface area contributed by atoms with Crippen molar-refractivity contribution in [1.29, 1.82) is 0 Å². The summed E-state index contributed by atoms with van der Waals surface area (Å²) in [5, 5.41) is 7.96. The third-order valence-electron chi connectivity index (χ3n) is 6.24. The van der Waals surface area contributed by atoms with Gasteiger partial charge >= 0.3 is 0 Å². The standard InChI is InChI=1S/C26H35N5O5/c1-18(2)25(29-21(32)12-15-31-23(34)10-11-24(31)35)26(36)27-16-22(33)28-20-8-6-19(7-9-20)17-30-13-4-3-5-14-30/h6-11,18,25H,3-5,12-17H2,1-2H3,(H,27,36)(H,28,33)(H,29,32). The highest BCUT2D eigenvalue weighted by molar-refractivity contribution is 6.13. The van der Waals surface area contributed by atoms with Gasteiger partial charge in [-0.25, -0.2) is 0 Å². The first-order valence-electron chi connectivity index (χ1n) is 12.4. The SMILES string of the molecule is CC(C)C(NC(=O)CCN1C(=O)C=CC1=O)C(=O)NCC(=O)Nc1ccc(CN2CCCCC2)cc1. The number of anilines is 1. The number of nitrogens with one attached hydrogen (secondary N) is 3. The van der Waals surface area contributed by atoms with Crippen LogP contribution in [0, 0.1) is 5.92 Å². The number of piperidine rings is 1. The van der Waals surface area contributed by atoms with Gasteiger partial charge in [0.25, 0.3) is 11.8 Å². The summed E-state index contributed by atoms with van der Waals surface area (Å²) in [5.74, 6) is -2.49. The number of likely N-dealkylation sites (tertiary alicyclic amines) is 1. The van der Waals surface area contributed by atoms with E-state index in [0.717, 1.165) is 36.7 Å². The van der Waals surface area contributed by atoms with E-state index in [4.69, 9.17) is 0 Å². The Kier molecular flexibility index (Phi) is 9.75. The molecule has 10 heteroatoms. The molecule has 0 spiro atoms. The van der Waals surface area contributed by atoms with Crippen LogP contribution in [0.15, 0.2) is 36.4 Å². The second kappa shape index (κ2) is 13.0. The van der Waals surface area contributed by atoms with Crippen LogP contribution in [0.4, 0.5) is 5.69 Å². The van der Waals surface area contributed by atoms with Gasteiger partial charge < -0.3 is 16.0 Å². The van der Waals surface area contributed by atoms with E-state index < -0.39 is 29.7 Å². The average molecular weight is 498 g/mol. The molecule has 1 saturated heterocycles. The lowest BCUT2D eigenvalue weighted by molar-refractivity contribution is -0.137. The van der Waals surface area contributed by atoms with Crippen molar-refractivity contribution in [2.24, 2.45) is 5.92 Å².